The summed E-state index contributed by atoms with van der Waals surface area (Å²) in [6.07, 6.45) is 0.841. The van der Waals surface area contributed by atoms with Gasteiger partial charge in [-0.2, -0.15) is 0 Å². The van der Waals surface area contributed by atoms with Crippen LogP contribution in [0.15, 0.2) is 36.4 Å². The minimum atomic E-state index is -0.301. The smallest absolute Gasteiger partial charge is 0.138 e. The van der Waals surface area contributed by atoms with E-state index in [4.69, 9.17) is 4.74 Å². The number of benzene rings is 2. The molecule has 4 heteroatoms. The average molecular weight is 363 g/mol. The summed E-state index contributed by atoms with van der Waals surface area (Å²) in [6, 6.07) is 11.0. The summed E-state index contributed by atoms with van der Waals surface area (Å²) in [7, 11) is 0. The highest BCUT2D eigenvalue weighted by atomic mass is 79.9. The van der Waals surface area contributed by atoms with Crippen LogP contribution in [0.5, 0.6) is 17.2 Å². The molecule has 2 aromatic carbocycles. The van der Waals surface area contributed by atoms with Crippen molar-refractivity contribution in [3.05, 3.63) is 53.1 Å². The van der Waals surface area contributed by atoms with Gasteiger partial charge in [-0.25, -0.2) is 0 Å². The van der Waals surface area contributed by atoms with E-state index in [0.29, 0.717) is 17.2 Å². The Labute approximate surface area is 139 Å². The number of aromatic hydroxyl groups is 1. The third-order valence-electron chi connectivity index (χ3n) is 3.48. The van der Waals surface area contributed by atoms with Crippen molar-refractivity contribution in [2.24, 2.45) is 0 Å². The highest BCUT2D eigenvalue weighted by molar-refractivity contribution is 9.09. The van der Waals surface area contributed by atoms with Crippen molar-refractivity contribution >= 4 is 22.2 Å². The standard InChI is InChI=1S/C18H19BrO3/c1-11(2)16-9-15(8-12(3)18(16)21)22-14-6-4-13(5-7-14)17(19)10-20/h4-11,17,21H,1-3H3. The Kier molecular flexibility index (Phi) is 5.24. The molecule has 0 fully saturated rings. The summed E-state index contributed by atoms with van der Waals surface area (Å²) >= 11 is 3.28. The van der Waals surface area contributed by atoms with E-state index in [0.717, 1.165) is 23.0 Å². The lowest BCUT2D eigenvalue weighted by Crippen LogP contribution is -1.94. The second-order valence-electron chi connectivity index (χ2n) is 5.54. The van der Waals surface area contributed by atoms with Crippen LogP contribution in [-0.4, -0.2) is 11.4 Å². The summed E-state index contributed by atoms with van der Waals surface area (Å²) in [5.74, 6) is 1.92. The predicted molar refractivity (Wildman–Crippen MR) is 91.2 cm³/mol. The number of hydrogen-bond donors (Lipinski definition) is 1. The maximum absolute atomic E-state index is 10.8. The van der Waals surface area contributed by atoms with Gasteiger partial charge in [0.2, 0.25) is 0 Å². The molecule has 1 N–H and O–H groups in total. The van der Waals surface area contributed by atoms with Gasteiger partial charge in [0.05, 0.1) is 4.83 Å². The van der Waals surface area contributed by atoms with Crippen LogP contribution < -0.4 is 4.74 Å². The topological polar surface area (TPSA) is 46.5 Å². The Morgan fingerprint density at radius 1 is 1.14 bits per heavy atom. The number of hydrogen-bond acceptors (Lipinski definition) is 3. The van der Waals surface area contributed by atoms with E-state index < -0.39 is 0 Å². The van der Waals surface area contributed by atoms with Crippen molar-refractivity contribution in [1.82, 2.24) is 0 Å². The molecule has 1 unspecified atom stereocenters. The molecule has 0 saturated carbocycles. The molecule has 22 heavy (non-hydrogen) atoms. The monoisotopic (exact) mass is 362 g/mol. The number of aldehydes is 1. The van der Waals surface area contributed by atoms with E-state index in [9.17, 15) is 9.90 Å². The van der Waals surface area contributed by atoms with E-state index >= 15 is 0 Å². The molecule has 0 spiro atoms. The first-order valence-electron chi connectivity index (χ1n) is 7.13. The number of phenolic OH excluding ortho intramolecular Hbond substituents is 1. The highest BCUT2D eigenvalue weighted by Gasteiger charge is 2.12. The van der Waals surface area contributed by atoms with E-state index in [1.165, 1.54) is 0 Å². The summed E-state index contributed by atoms with van der Waals surface area (Å²) < 4.78 is 5.86. The second kappa shape index (κ2) is 6.97. The molecule has 0 heterocycles. The Hall–Kier alpha value is -1.81. The highest BCUT2D eigenvalue weighted by Crippen LogP contribution is 2.35. The molecule has 0 aliphatic rings. The molecule has 0 saturated heterocycles. The van der Waals surface area contributed by atoms with Crippen LogP contribution in [0.4, 0.5) is 0 Å². The molecular weight excluding hydrogens is 344 g/mol. The van der Waals surface area contributed by atoms with Crippen LogP contribution in [0.25, 0.3) is 0 Å². The molecule has 0 aliphatic heterocycles. The van der Waals surface area contributed by atoms with Crippen LogP contribution in [0.3, 0.4) is 0 Å². The molecular formula is C18H19BrO3. The van der Waals surface area contributed by atoms with Gasteiger partial charge in [-0.1, -0.05) is 41.9 Å². The summed E-state index contributed by atoms with van der Waals surface area (Å²) in [4.78, 5) is 10.4. The summed E-state index contributed by atoms with van der Waals surface area (Å²) in [6.45, 7) is 5.92. The van der Waals surface area contributed by atoms with Crippen LogP contribution in [0.2, 0.25) is 0 Å². The zero-order valence-corrected chi connectivity index (χ0v) is 14.4. The molecule has 0 radical (unpaired) electrons. The van der Waals surface area contributed by atoms with Gasteiger partial charge in [-0.15, -0.1) is 0 Å². The number of alkyl halides is 1. The van der Waals surface area contributed by atoms with Crippen LogP contribution in [-0.2, 0) is 4.79 Å². The zero-order valence-electron chi connectivity index (χ0n) is 12.8. The third-order valence-corrected chi connectivity index (χ3v) is 4.22. The Balaban J connectivity index is 2.25. The van der Waals surface area contributed by atoms with Crippen molar-refractivity contribution in [2.75, 3.05) is 0 Å². The molecule has 2 rings (SSSR count). The first-order chi connectivity index (χ1) is 10.4. The van der Waals surface area contributed by atoms with Crippen molar-refractivity contribution in [3.8, 4) is 17.2 Å². The second-order valence-corrected chi connectivity index (χ2v) is 6.53. The number of rotatable bonds is 5. The molecule has 0 amide bonds. The lowest BCUT2D eigenvalue weighted by atomic mass is 9.99. The van der Waals surface area contributed by atoms with Gasteiger partial charge < -0.3 is 14.6 Å². The summed E-state index contributed by atoms with van der Waals surface area (Å²) in [5, 5.41) is 10.1. The number of phenols is 1. The van der Waals surface area contributed by atoms with Gasteiger partial charge in [0.25, 0.3) is 0 Å². The van der Waals surface area contributed by atoms with E-state index in [1.807, 2.05) is 57.2 Å². The Morgan fingerprint density at radius 3 is 2.32 bits per heavy atom. The fourth-order valence-electron chi connectivity index (χ4n) is 2.21. The zero-order chi connectivity index (χ0) is 16.3. The fourth-order valence-corrected chi connectivity index (χ4v) is 2.51. The van der Waals surface area contributed by atoms with Crippen LogP contribution in [0, 0.1) is 6.92 Å². The Morgan fingerprint density at radius 2 is 1.77 bits per heavy atom. The van der Waals surface area contributed by atoms with Crippen molar-refractivity contribution < 1.29 is 14.6 Å². The normalized spacial score (nSPS) is 12.2. The van der Waals surface area contributed by atoms with Gasteiger partial charge in [0.15, 0.2) is 0 Å². The maximum atomic E-state index is 10.8. The van der Waals surface area contributed by atoms with Gasteiger partial charge >= 0.3 is 0 Å². The SMILES string of the molecule is Cc1cc(Oc2ccc(C(Br)C=O)cc2)cc(C(C)C)c1O. The quantitative estimate of drug-likeness (QED) is 0.583. The molecule has 0 aromatic heterocycles. The summed E-state index contributed by atoms with van der Waals surface area (Å²) in [5.41, 5.74) is 2.54. The average Bonchev–Trinajstić information content (AvgIpc) is 2.50. The number of ether oxygens (including phenoxy) is 1. The molecule has 0 aliphatic carbocycles. The molecule has 1 atom stereocenters. The van der Waals surface area contributed by atoms with Crippen LogP contribution >= 0.6 is 15.9 Å². The van der Waals surface area contributed by atoms with Gasteiger partial charge in [0.1, 0.15) is 23.5 Å². The first-order valence-corrected chi connectivity index (χ1v) is 8.04. The largest absolute Gasteiger partial charge is 0.507 e. The third kappa shape index (κ3) is 3.69. The molecule has 0 bridgehead atoms. The lowest BCUT2D eigenvalue weighted by molar-refractivity contribution is -0.107. The van der Waals surface area contributed by atoms with E-state index in [-0.39, 0.29) is 10.7 Å². The molecule has 3 nitrogen and oxygen atoms in total. The molecule has 2 aromatic rings. The first kappa shape index (κ1) is 16.6. The maximum Gasteiger partial charge on any atom is 0.138 e. The minimum Gasteiger partial charge on any atom is -0.507 e. The predicted octanol–water partition coefficient (Wildman–Crippen LogP) is 5.25. The van der Waals surface area contributed by atoms with Gasteiger partial charge in [-0.05, 0) is 48.2 Å². The number of carbonyl (C=O) groups excluding carboxylic acids is 1. The van der Waals surface area contributed by atoms with Gasteiger partial charge in [-0.3, -0.25) is 0 Å². The fraction of sp³-hybridized carbons (Fsp3) is 0.278. The van der Waals surface area contributed by atoms with Crippen molar-refractivity contribution in [1.29, 1.82) is 0 Å². The van der Waals surface area contributed by atoms with Gasteiger partial charge in [0, 0.05) is 5.56 Å². The minimum absolute atomic E-state index is 0.214. The number of carbonyl (C=O) groups is 1. The van der Waals surface area contributed by atoms with Crippen molar-refractivity contribution in [3.63, 3.8) is 0 Å². The van der Waals surface area contributed by atoms with Crippen LogP contribution in [0.1, 0.15) is 41.3 Å². The van der Waals surface area contributed by atoms with Crippen molar-refractivity contribution in [2.45, 2.75) is 31.5 Å². The number of aryl methyl sites for hydroxylation is 1. The van der Waals surface area contributed by atoms with E-state index in [2.05, 4.69) is 15.9 Å². The Bertz CT molecular complexity index is 663. The van der Waals surface area contributed by atoms with E-state index in [1.54, 1.807) is 0 Å². The lowest BCUT2D eigenvalue weighted by Gasteiger charge is -2.14. The molecule has 116 valence electrons. The number of halogens is 1.